The first-order valence-corrected chi connectivity index (χ1v) is 4.60. The summed E-state index contributed by atoms with van der Waals surface area (Å²) in [5.41, 5.74) is 5.72. The van der Waals surface area contributed by atoms with E-state index in [1.165, 1.54) is 0 Å². The Labute approximate surface area is 75.4 Å². The Morgan fingerprint density at radius 2 is 2.00 bits per heavy atom. The Morgan fingerprint density at radius 1 is 1.42 bits per heavy atom. The summed E-state index contributed by atoms with van der Waals surface area (Å²) in [4.78, 5) is 4.16. The van der Waals surface area contributed by atoms with Gasteiger partial charge >= 0.3 is 0 Å². The molecule has 0 spiro atoms. The molecule has 3 N–H and O–H groups in total. The fraction of sp³-hybridized carbons (Fsp3) is 0.889. The second-order valence-electron chi connectivity index (χ2n) is 3.63. The molecule has 3 nitrogen and oxygen atoms in total. The van der Waals surface area contributed by atoms with Gasteiger partial charge in [0.1, 0.15) is 0 Å². The molecule has 72 valence electrons. The number of guanidine groups is 1. The lowest BCUT2D eigenvalue weighted by atomic mass is 10.0. The molecule has 0 saturated heterocycles. The van der Waals surface area contributed by atoms with Gasteiger partial charge in [0.15, 0.2) is 5.96 Å². The Bertz CT molecular complexity index is 150. The number of nitrogens with one attached hydrogen (secondary N) is 1. The summed E-state index contributed by atoms with van der Waals surface area (Å²) in [5, 5.41) is 3.17. The average molecular weight is 171 g/mol. The van der Waals surface area contributed by atoms with E-state index in [2.05, 4.69) is 38.0 Å². The van der Waals surface area contributed by atoms with Gasteiger partial charge < -0.3 is 11.1 Å². The van der Waals surface area contributed by atoms with Crippen LogP contribution < -0.4 is 11.1 Å². The molecule has 3 heteroatoms. The number of aliphatic imine (C=N–C) groups is 1. The van der Waals surface area contributed by atoms with Crippen LogP contribution in [0.15, 0.2) is 4.99 Å². The van der Waals surface area contributed by atoms with Gasteiger partial charge in [0.2, 0.25) is 0 Å². The summed E-state index contributed by atoms with van der Waals surface area (Å²) >= 11 is 0. The summed E-state index contributed by atoms with van der Waals surface area (Å²) in [7, 11) is 0. The van der Waals surface area contributed by atoms with E-state index in [0.29, 0.717) is 5.96 Å². The maximum Gasteiger partial charge on any atom is 0.188 e. The maximum atomic E-state index is 5.66. The monoisotopic (exact) mass is 171 g/mol. The molecular formula is C9H21N3. The highest BCUT2D eigenvalue weighted by Gasteiger charge is 2.14. The number of nitrogens with two attached hydrogens (primary N) is 1. The highest BCUT2D eigenvalue weighted by atomic mass is 15.1. The van der Waals surface area contributed by atoms with Gasteiger partial charge in [-0.2, -0.15) is 0 Å². The molecule has 0 aromatic carbocycles. The van der Waals surface area contributed by atoms with E-state index in [1.807, 2.05) is 0 Å². The van der Waals surface area contributed by atoms with Crippen molar-refractivity contribution in [2.24, 2.45) is 10.7 Å². The van der Waals surface area contributed by atoms with E-state index in [-0.39, 0.29) is 5.54 Å². The van der Waals surface area contributed by atoms with Crippen molar-refractivity contribution in [3.63, 3.8) is 0 Å². The molecule has 0 fully saturated rings. The SMILES string of the molecule is CCCN=C(N)NC(C)(C)CC. The van der Waals surface area contributed by atoms with E-state index in [1.54, 1.807) is 0 Å². The largest absolute Gasteiger partial charge is 0.370 e. The Hall–Kier alpha value is -0.730. The van der Waals surface area contributed by atoms with Crippen LogP contribution in [-0.4, -0.2) is 18.0 Å². The zero-order valence-corrected chi connectivity index (χ0v) is 8.65. The summed E-state index contributed by atoms with van der Waals surface area (Å²) in [6.45, 7) is 9.24. The highest BCUT2D eigenvalue weighted by molar-refractivity contribution is 5.78. The smallest absolute Gasteiger partial charge is 0.188 e. The van der Waals surface area contributed by atoms with E-state index >= 15 is 0 Å². The second kappa shape index (κ2) is 5.01. The molecule has 0 aliphatic carbocycles. The third-order valence-corrected chi connectivity index (χ3v) is 1.86. The van der Waals surface area contributed by atoms with Crippen LogP contribution in [0, 0.1) is 0 Å². The first kappa shape index (κ1) is 11.3. The zero-order valence-electron chi connectivity index (χ0n) is 8.65. The van der Waals surface area contributed by atoms with Crippen molar-refractivity contribution in [3.8, 4) is 0 Å². The van der Waals surface area contributed by atoms with Gasteiger partial charge in [0.25, 0.3) is 0 Å². The van der Waals surface area contributed by atoms with Crippen molar-refractivity contribution in [1.29, 1.82) is 0 Å². The molecule has 0 unspecified atom stereocenters. The van der Waals surface area contributed by atoms with Crippen LogP contribution in [0.1, 0.15) is 40.5 Å². The van der Waals surface area contributed by atoms with Crippen molar-refractivity contribution in [1.82, 2.24) is 5.32 Å². The minimum atomic E-state index is 0.0569. The first-order valence-electron chi connectivity index (χ1n) is 4.60. The van der Waals surface area contributed by atoms with Crippen molar-refractivity contribution in [2.45, 2.75) is 46.1 Å². The first-order chi connectivity index (χ1) is 5.52. The topological polar surface area (TPSA) is 50.4 Å². The van der Waals surface area contributed by atoms with Crippen LogP contribution in [-0.2, 0) is 0 Å². The average Bonchev–Trinajstić information content (AvgIpc) is 2.00. The molecule has 0 aromatic rings. The van der Waals surface area contributed by atoms with Crippen LogP contribution in [0.4, 0.5) is 0 Å². The van der Waals surface area contributed by atoms with Crippen molar-refractivity contribution < 1.29 is 0 Å². The van der Waals surface area contributed by atoms with E-state index in [4.69, 9.17) is 5.73 Å². The van der Waals surface area contributed by atoms with Gasteiger partial charge in [-0.05, 0) is 26.7 Å². The normalized spacial score (nSPS) is 13.2. The van der Waals surface area contributed by atoms with Gasteiger partial charge in [0.05, 0.1) is 0 Å². The van der Waals surface area contributed by atoms with Crippen molar-refractivity contribution >= 4 is 5.96 Å². The van der Waals surface area contributed by atoms with E-state index in [0.717, 1.165) is 19.4 Å². The van der Waals surface area contributed by atoms with E-state index < -0.39 is 0 Å². The van der Waals surface area contributed by atoms with Crippen molar-refractivity contribution in [2.75, 3.05) is 6.54 Å². The molecular weight excluding hydrogens is 150 g/mol. The maximum absolute atomic E-state index is 5.66. The van der Waals surface area contributed by atoms with Gasteiger partial charge in [-0.3, -0.25) is 4.99 Å². The Balaban J connectivity index is 3.90. The fourth-order valence-corrected chi connectivity index (χ4v) is 0.707. The summed E-state index contributed by atoms with van der Waals surface area (Å²) in [6.07, 6.45) is 2.07. The molecule has 0 atom stereocenters. The Kier molecular flexibility index (Phi) is 4.71. The molecule has 0 amide bonds. The number of hydrogen-bond acceptors (Lipinski definition) is 1. The van der Waals surface area contributed by atoms with Crippen LogP contribution >= 0.6 is 0 Å². The quantitative estimate of drug-likeness (QED) is 0.497. The molecule has 0 heterocycles. The molecule has 0 aliphatic heterocycles. The van der Waals surface area contributed by atoms with Crippen LogP contribution in [0.3, 0.4) is 0 Å². The predicted molar refractivity (Wildman–Crippen MR) is 54.3 cm³/mol. The third-order valence-electron chi connectivity index (χ3n) is 1.86. The van der Waals surface area contributed by atoms with Gasteiger partial charge in [-0.1, -0.05) is 13.8 Å². The highest BCUT2D eigenvalue weighted by Crippen LogP contribution is 2.05. The molecule has 0 aromatic heterocycles. The van der Waals surface area contributed by atoms with Crippen LogP contribution in [0.2, 0.25) is 0 Å². The molecule has 0 aliphatic rings. The Morgan fingerprint density at radius 3 is 2.42 bits per heavy atom. The van der Waals surface area contributed by atoms with Gasteiger partial charge in [-0.15, -0.1) is 0 Å². The van der Waals surface area contributed by atoms with Crippen molar-refractivity contribution in [3.05, 3.63) is 0 Å². The minimum absolute atomic E-state index is 0.0569. The number of rotatable bonds is 4. The predicted octanol–water partition coefficient (Wildman–Crippen LogP) is 1.49. The lowest BCUT2D eigenvalue weighted by molar-refractivity contribution is 0.443. The molecule has 0 radical (unpaired) electrons. The van der Waals surface area contributed by atoms with Crippen LogP contribution in [0.5, 0.6) is 0 Å². The number of hydrogen-bond donors (Lipinski definition) is 2. The lowest BCUT2D eigenvalue weighted by Gasteiger charge is -2.24. The lowest BCUT2D eigenvalue weighted by Crippen LogP contribution is -2.46. The zero-order chi connectivity index (χ0) is 9.61. The number of nitrogens with zero attached hydrogens (tertiary/aromatic N) is 1. The van der Waals surface area contributed by atoms with E-state index in [9.17, 15) is 0 Å². The standard InChI is InChI=1S/C9H21N3/c1-5-7-11-8(10)12-9(3,4)6-2/h5-7H2,1-4H3,(H3,10,11,12). The van der Waals surface area contributed by atoms with Gasteiger partial charge in [0, 0.05) is 12.1 Å². The molecule has 12 heavy (non-hydrogen) atoms. The molecule has 0 bridgehead atoms. The second-order valence-corrected chi connectivity index (χ2v) is 3.63. The summed E-state index contributed by atoms with van der Waals surface area (Å²) in [6, 6.07) is 0. The molecule has 0 saturated carbocycles. The molecule has 0 rings (SSSR count). The minimum Gasteiger partial charge on any atom is -0.370 e. The summed E-state index contributed by atoms with van der Waals surface area (Å²) < 4.78 is 0. The summed E-state index contributed by atoms with van der Waals surface area (Å²) in [5.74, 6) is 0.559. The fourth-order valence-electron chi connectivity index (χ4n) is 0.707. The van der Waals surface area contributed by atoms with Crippen LogP contribution in [0.25, 0.3) is 0 Å². The van der Waals surface area contributed by atoms with Gasteiger partial charge in [-0.25, -0.2) is 0 Å². The third kappa shape index (κ3) is 4.99.